The molecule has 2 aliphatic heterocycles. The minimum absolute atomic E-state index is 0.0457. The first kappa shape index (κ1) is 17.6. The first-order valence-corrected chi connectivity index (χ1v) is 9.26. The van der Waals surface area contributed by atoms with Gasteiger partial charge in [0.1, 0.15) is 5.60 Å². The fraction of sp³-hybridized carbons (Fsp3) is 0.364. The van der Waals surface area contributed by atoms with Crippen molar-refractivity contribution < 1.29 is 14.3 Å². The Morgan fingerprint density at radius 2 is 1.78 bits per heavy atom. The summed E-state index contributed by atoms with van der Waals surface area (Å²) >= 11 is 0. The summed E-state index contributed by atoms with van der Waals surface area (Å²) in [6, 6.07) is 17.4. The van der Waals surface area contributed by atoms with Crippen LogP contribution in [0.2, 0.25) is 0 Å². The summed E-state index contributed by atoms with van der Waals surface area (Å²) in [5.41, 5.74) is 1.47. The lowest BCUT2D eigenvalue weighted by atomic mass is 9.79. The summed E-state index contributed by atoms with van der Waals surface area (Å²) in [7, 11) is 0. The Balaban J connectivity index is 1.76. The molecule has 140 valence electrons. The molecular weight excluding hydrogens is 340 g/mol. The zero-order valence-electron chi connectivity index (χ0n) is 15.9. The molecular formula is C22H24N2O3. The van der Waals surface area contributed by atoms with E-state index in [1.165, 1.54) is 0 Å². The van der Waals surface area contributed by atoms with Gasteiger partial charge in [-0.2, -0.15) is 0 Å². The number of likely N-dealkylation sites (tertiary alicyclic amines) is 1. The SMILES string of the molecule is CC(C)(C)OC(=O)N1C[C@@]2(C[C@@H]1c1ccccc1)C(=O)Nc1ccccc12. The number of hydrogen-bond acceptors (Lipinski definition) is 3. The van der Waals surface area contributed by atoms with E-state index >= 15 is 0 Å². The number of benzene rings is 2. The number of carbonyl (C=O) groups excluding carboxylic acids is 2. The third kappa shape index (κ3) is 2.97. The summed E-state index contributed by atoms with van der Waals surface area (Å²) in [4.78, 5) is 27.7. The molecule has 0 bridgehead atoms. The van der Waals surface area contributed by atoms with E-state index in [2.05, 4.69) is 5.32 Å². The molecule has 0 unspecified atom stereocenters. The summed E-state index contributed by atoms with van der Waals surface area (Å²) in [5, 5.41) is 2.99. The van der Waals surface area contributed by atoms with E-state index in [0.29, 0.717) is 13.0 Å². The van der Waals surface area contributed by atoms with Gasteiger partial charge in [0, 0.05) is 12.2 Å². The number of para-hydroxylation sites is 1. The van der Waals surface area contributed by atoms with E-state index in [9.17, 15) is 9.59 Å². The Morgan fingerprint density at radius 3 is 2.48 bits per heavy atom. The van der Waals surface area contributed by atoms with E-state index in [0.717, 1.165) is 16.8 Å². The van der Waals surface area contributed by atoms with Crippen molar-refractivity contribution in [3.05, 3.63) is 65.7 Å². The summed E-state index contributed by atoms with van der Waals surface area (Å²) in [5.74, 6) is -0.0457. The van der Waals surface area contributed by atoms with Gasteiger partial charge in [0.05, 0.1) is 11.5 Å². The molecule has 2 aliphatic rings. The monoisotopic (exact) mass is 364 g/mol. The van der Waals surface area contributed by atoms with Crippen molar-refractivity contribution in [1.29, 1.82) is 0 Å². The van der Waals surface area contributed by atoms with Gasteiger partial charge in [-0.3, -0.25) is 9.69 Å². The lowest BCUT2D eigenvalue weighted by Gasteiger charge is -2.29. The zero-order chi connectivity index (χ0) is 19.2. The fourth-order valence-electron chi connectivity index (χ4n) is 4.12. The molecule has 1 N–H and O–H groups in total. The van der Waals surface area contributed by atoms with Crippen LogP contribution in [0.15, 0.2) is 54.6 Å². The highest BCUT2D eigenvalue weighted by atomic mass is 16.6. The van der Waals surface area contributed by atoms with E-state index in [4.69, 9.17) is 4.74 Å². The van der Waals surface area contributed by atoms with Crippen LogP contribution >= 0.6 is 0 Å². The number of carbonyl (C=O) groups is 2. The van der Waals surface area contributed by atoms with Gasteiger partial charge in [-0.1, -0.05) is 48.5 Å². The third-order valence-corrected chi connectivity index (χ3v) is 5.30. The predicted molar refractivity (Wildman–Crippen MR) is 103 cm³/mol. The molecule has 27 heavy (non-hydrogen) atoms. The van der Waals surface area contributed by atoms with Crippen molar-refractivity contribution in [2.45, 2.75) is 44.2 Å². The van der Waals surface area contributed by atoms with E-state index in [-0.39, 0.29) is 18.0 Å². The van der Waals surface area contributed by atoms with Crippen LogP contribution in [0.25, 0.3) is 0 Å². The minimum atomic E-state index is -0.742. The molecule has 5 nitrogen and oxygen atoms in total. The molecule has 2 aromatic rings. The maximum Gasteiger partial charge on any atom is 0.410 e. The topological polar surface area (TPSA) is 58.6 Å². The highest BCUT2D eigenvalue weighted by Crippen LogP contribution is 2.50. The van der Waals surface area contributed by atoms with Crippen LogP contribution in [0.4, 0.5) is 10.5 Å². The Morgan fingerprint density at radius 1 is 1.11 bits per heavy atom. The Kier molecular flexibility index (Phi) is 3.98. The molecule has 1 fully saturated rings. The van der Waals surface area contributed by atoms with Gasteiger partial charge in [0.25, 0.3) is 0 Å². The molecule has 2 heterocycles. The summed E-state index contributed by atoms with van der Waals surface area (Å²) in [6.07, 6.45) is 0.157. The lowest BCUT2D eigenvalue weighted by molar-refractivity contribution is -0.120. The second-order valence-electron chi connectivity index (χ2n) is 8.32. The van der Waals surface area contributed by atoms with Gasteiger partial charge in [0.15, 0.2) is 0 Å². The Hall–Kier alpha value is -2.82. The van der Waals surface area contributed by atoms with Gasteiger partial charge >= 0.3 is 6.09 Å². The zero-order valence-corrected chi connectivity index (χ0v) is 15.9. The highest BCUT2D eigenvalue weighted by Gasteiger charge is 2.56. The number of fused-ring (bicyclic) bond motifs is 2. The van der Waals surface area contributed by atoms with Crippen molar-refractivity contribution in [3.8, 4) is 0 Å². The molecule has 0 aliphatic carbocycles. The average Bonchev–Trinajstić information content (AvgIpc) is 3.15. The number of hydrogen-bond donors (Lipinski definition) is 1. The van der Waals surface area contributed by atoms with Crippen molar-refractivity contribution >= 4 is 17.7 Å². The normalized spacial score (nSPS) is 24.0. The molecule has 5 heteroatoms. The van der Waals surface area contributed by atoms with E-state index in [1.807, 2.05) is 75.4 Å². The van der Waals surface area contributed by atoms with Crippen LogP contribution in [0.5, 0.6) is 0 Å². The number of amides is 2. The van der Waals surface area contributed by atoms with Crippen molar-refractivity contribution in [2.24, 2.45) is 0 Å². The first-order valence-electron chi connectivity index (χ1n) is 9.26. The van der Waals surface area contributed by atoms with Gasteiger partial charge in [0.2, 0.25) is 5.91 Å². The van der Waals surface area contributed by atoms with Crippen LogP contribution in [0.3, 0.4) is 0 Å². The number of ether oxygens (including phenoxy) is 1. The number of anilines is 1. The molecule has 0 radical (unpaired) electrons. The van der Waals surface area contributed by atoms with Gasteiger partial charge in [-0.05, 0) is 44.4 Å². The first-order chi connectivity index (χ1) is 12.8. The third-order valence-electron chi connectivity index (χ3n) is 5.30. The Bertz CT molecular complexity index is 888. The van der Waals surface area contributed by atoms with Gasteiger partial charge < -0.3 is 10.1 Å². The molecule has 0 saturated carbocycles. The highest BCUT2D eigenvalue weighted by molar-refractivity contribution is 6.07. The largest absolute Gasteiger partial charge is 0.444 e. The number of rotatable bonds is 1. The lowest BCUT2D eigenvalue weighted by Crippen LogP contribution is -2.41. The van der Waals surface area contributed by atoms with Crippen LogP contribution in [-0.2, 0) is 14.9 Å². The average molecular weight is 364 g/mol. The minimum Gasteiger partial charge on any atom is -0.444 e. The summed E-state index contributed by atoms with van der Waals surface area (Å²) < 4.78 is 5.65. The van der Waals surface area contributed by atoms with Gasteiger partial charge in [-0.25, -0.2) is 4.79 Å². The maximum absolute atomic E-state index is 13.0. The predicted octanol–water partition coefficient (Wildman–Crippen LogP) is 4.26. The number of nitrogens with zero attached hydrogens (tertiary/aromatic N) is 1. The molecule has 0 aromatic heterocycles. The molecule has 1 saturated heterocycles. The van der Waals surface area contributed by atoms with E-state index in [1.54, 1.807) is 4.90 Å². The standard InChI is InChI=1S/C22H24N2O3/c1-21(2,3)27-20(26)24-14-22(13-18(24)15-9-5-4-6-10-15)16-11-7-8-12-17(16)23-19(22)25/h4-12,18H,13-14H2,1-3H3,(H,23,25)/t18-,22-/m1/s1. The second kappa shape index (κ2) is 6.12. The molecule has 1 spiro atoms. The summed E-state index contributed by atoms with van der Waals surface area (Å²) in [6.45, 7) is 5.87. The Labute approximate surface area is 159 Å². The molecule has 4 rings (SSSR count). The van der Waals surface area contributed by atoms with Crippen LogP contribution in [-0.4, -0.2) is 29.0 Å². The van der Waals surface area contributed by atoms with Crippen LogP contribution in [0, 0.1) is 0 Å². The fourth-order valence-corrected chi connectivity index (χ4v) is 4.12. The maximum atomic E-state index is 13.0. The van der Waals surface area contributed by atoms with Gasteiger partial charge in [-0.15, -0.1) is 0 Å². The smallest absolute Gasteiger partial charge is 0.410 e. The molecule has 2 atom stereocenters. The van der Waals surface area contributed by atoms with Crippen LogP contribution < -0.4 is 5.32 Å². The number of nitrogens with one attached hydrogen (secondary N) is 1. The van der Waals surface area contributed by atoms with Crippen molar-refractivity contribution in [3.63, 3.8) is 0 Å². The van der Waals surface area contributed by atoms with E-state index < -0.39 is 11.0 Å². The van der Waals surface area contributed by atoms with Crippen molar-refractivity contribution in [2.75, 3.05) is 11.9 Å². The van der Waals surface area contributed by atoms with Crippen LogP contribution in [0.1, 0.15) is 44.4 Å². The molecule has 2 aromatic carbocycles. The van der Waals surface area contributed by atoms with Crippen molar-refractivity contribution in [1.82, 2.24) is 4.90 Å². The molecule has 2 amide bonds. The second-order valence-corrected chi connectivity index (χ2v) is 8.32. The quantitative estimate of drug-likeness (QED) is 0.823.